The number of amides is 1. The Labute approximate surface area is 127 Å². The van der Waals surface area contributed by atoms with Crippen LogP contribution in [0.4, 0.5) is 5.69 Å². The summed E-state index contributed by atoms with van der Waals surface area (Å²) in [5, 5.41) is 3.32. The third kappa shape index (κ3) is 2.92. The number of nitrogens with zero attached hydrogens (tertiary/aromatic N) is 1. The van der Waals surface area contributed by atoms with Crippen molar-refractivity contribution in [1.82, 2.24) is 4.90 Å². The van der Waals surface area contributed by atoms with E-state index in [1.54, 1.807) is 0 Å². The maximum atomic E-state index is 13.0. The third-order valence-electron chi connectivity index (χ3n) is 5.03. The van der Waals surface area contributed by atoms with Gasteiger partial charge in [-0.25, -0.2) is 0 Å². The van der Waals surface area contributed by atoms with E-state index in [0.717, 1.165) is 36.7 Å². The zero-order chi connectivity index (χ0) is 14.7. The van der Waals surface area contributed by atoms with Crippen molar-refractivity contribution >= 4 is 11.6 Å². The molecule has 2 aliphatic rings. The van der Waals surface area contributed by atoms with Crippen molar-refractivity contribution in [3.05, 3.63) is 29.8 Å². The molecule has 1 N–H and O–H groups in total. The van der Waals surface area contributed by atoms with Crippen LogP contribution in [-0.4, -0.2) is 29.9 Å². The van der Waals surface area contributed by atoms with Crippen LogP contribution in [0.3, 0.4) is 0 Å². The third-order valence-corrected chi connectivity index (χ3v) is 5.03. The molecule has 1 saturated heterocycles. The fraction of sp³-hybridized carbons (Fsp3) is 0.611. The van der Waals surface area contributed by atoms with Crippen molar-refractivity contribution in [2.75, 3.05) is 18.4 Å². The monoisotopic (exact) mass is 286 g/mol. The van der Waals surface area contributed by atoms with E-state index in [-0.39, 0.29) is 5.91 Å². The standard InChI is InChI=1S/C18H26N2O/c1-2-19-16-11-5-4-10-15(16)18(21)20-13-7-9-14-8-3-6-12-17(14)20/h4-5,10-11,14,17,19H,2-3,6-9,12-13H2,1H3/t14-,17-/m1/s1. The van der Waals surface area contributed by atoms with Gasteiger partial charge in [-0.05, 0) is 50.7 Å². The summed E-state index contributed by atoms with van der Waals surface area (Å²) in [5.41, 5.74) is 1.81. The molecule has 1 heterocycles. The first-order valence-electron chi connectivity index (χ1n) is 8.45. The minimum Gasteiger partial charge on any atom is -0.385 e. The summed E-state index contributed by atoms with van der Waals surface area (Å²) in [4.78, 5) is 15.2. The molecule has 3 rings (SSSR count). The molecule has 1 aromatic rings. The molecule has 3 heteroatoms. The molecule has 21 heavy (non-hydrogen) atoms. The first-order valence-corrected chi connectivity index (χ1v) is 8.45. The number of hydrogen-bond acceptors (Lipinski definition) is 2. The minimum absolute atomic E-state index is 0.225. The lowest BCUT2D eigenvalue weighted by molar-refractivity contribution is 0.0391. The lowest BCUT2D eigenvalue weighted by atomic mass is 9.78. The number of fused-ring (bicyclic) bond motifs is 1. The summed E-state index contributed by atoms with van der Waals surface area (Å²) in [7, 11) is 0. The van der Waals surface area contributed by atoms with Gasteiger partial charge in [0, 0.05) is 24.8 Å². The Balaban J connectivity index is 1.83. The molecule has 2 fully saturated rings. The Bertz CT molecular complexity index is 498. The lowest BCUT2D eigenvalue weighted by Crippen LogP contribution is -2.49. The molecular formula is C18H26N2O. The summed E-state index contributed by atoms with van der Waals surface area (Å²) in [6.07, 6.45) is 7.60. The maximum absolute atomic E-state index is 13.0. The van der Waals surface area contributed by atoms with E-state index in [9.17, 15) is 4.79 Å². The fourth-order valence-electron chi connectivity index (χ4n) is 4.05. The highest BCUT2D eigenvalue weighted by Crippen LogP contribution is 2.36. The summed E-state index contributed by atoms with van der Waals surface area (Å²) in [5.74, 6) is 0.964. The van der Waals surface area contributed by atoms with Crippen molar-refractivity contribution in [2.24, 2.45) is 5.92 Å². The van der Waals surface area contributed by atoms with Crippen LogP contribution >= 0.6 is 0 Å². The Kier molecular flexibility index (Phi) is 4.47. The number of piperidine rings is 1. The van der Waals surface area contributed by atoms with Crippen molar-refractivity contribution in [3.8, 4) is 0 Å². The van der Waals surface area contributed by atoms with Gasteiger partial charge in [-0.15, -0.1) is 0 Å². The number of rotatable bonds is 3. The average Bonchev–Trinajstić information content (AvgIpc) is 2.54. The second-order valence-electron chi connectivity index (χ2n) is 6.33. The topological polar surface area (TPSA) is 32.3 Å². The largest absolute Gasteiger partial charge is 0.385 e. The van der Waals surface area contributed by atoms with Crippen LogP contribution in [-0.2, 0) is 0 Å². The van der Waals surface area contributed by atoms with Gasteiger partial charge in [0.1, 0.15) is 0 Å². The SMILES string of the molecule is CCNc1ccccc1C(=O)N1CCC[C@H]2CCCC[C@H]21. The predicted octanol–water partition coefficient (Wildman–Crippen LogP) is 3.91. The van der Waals surface area contributed by atoms with Crippen LogP contribution in [0.1, 0.15) is 55.8 Å². The van der Waals surface area contributed by atoms with Crippen LogP contribution in [0.25, 0.3) is 0 Å². The van der Waals surface area contributed by atoms with Gasteiger partial charge in [-0.3, -0.25) is 4.79 Å². The number of anilines is 1. The van der Waals surface area contributed by atoms with E-state index in [1.807, 2.05) is 24.3 Å². The van der Waals surface area contributed by atoms with Gasteiger partial charge in [-0.1, -0.05) is 25.0 Å². The van der Waals surface area contributed by atoms with E-state index in [2.05, 4.69) is 17.1 Å². The number of carbonyl (C=O) groups excluding carboxylic acids is 1. The molecule has 1 aliphatic carbocycles. The molecule has 1 saturated carbocycles. The Morgan fingerprint density at radius 3 is 2.81 bits per heavy atom. The fourth-order valence-corrected chi connectivity index (χ4v) is 4.05. The molecule has 1 aliphatic heterocycles. The average molecular weight is 286 g/mol. The van der Waals surface area contributed by atoms with Crippen molar-refractivity contribution in [2.45, 2.75) is 51.5 Å². The van der Waals surface area contributed by atoms with Gasteiger partial charge in [-0.2, -0.15) is 0 Å². The first-order chi connectivity index (χ1) is 10.3. The van der Waals surface area contributed by atoms with E-state index in [4.69, 9.17) is 0 Å². The van der Waals surface area contributed by atoms with Gasteiger partial charge in [0.2, 0.25) is 0 Å². The summed E-state index contributed by atoms with van der Waals surface area (Å²) in [6, 6.07) is 8.42. The molecular weight excluding hydrogens is 260 g/mol. The highest BCUT2D eigenvalue weighted by Gasteiger charge is 2.36. The molecule has 0 bridgehead atoms. The summed E-state index contributed by atoms with van der Waals surface area (Å²) in [6.45, 7) is 3.84. The van der Waals surface area contributed by atoms with E-state index < -0.39 is 0 Å². The van der Waals surface area contributed by atoms with Gasteiger partial charge >= 0.3 is 0 Å². The van der Waals surface area contributed by atoms with Gasteiger partial charge < -0.3 is 10.2 Å². The molecule has 1 amide bonds. The van der Waals surface area contributed by atoms with E-state index >= 15 is 0 Å². The Hall–Kier alpha value is -1.51. The number of para-hydroxylation sites is 1. The summed E-state index contributed by atoms with van der Waals surface area (Å²) >= 11 is 0. The molecule has 0 aromatic heterocycles. The van der Waals surface area contributed by atoms with Gasteiger partial charge in [0.15, 0.2) is 0 Å². The Morgan fingerprint density at radius 1 is 1.19 bits per heavy atom. The second-order valence-corrected chi connectivity index (χ2v) is 6.33. The molecule has 2 atom stereocenters. The lowest BCUT2D eigenvalue weighted by Gasteiger charge is -2.44. The molecule has 114 valence electrons. The predicted molar refractivity (Wildman–Crippen MR) is 86.6 cm³/mol. The van der Waals surface area contributed by atoms with Gasteiger partial charge in [0.05, 0.1) is 5.56 Å². The van der Waals surface area contributed by atoms with E-state index in [1.165, 1.54) is 32.1 Å². The van der Waals surface area contributed by atoms with Gasteiger partial charge in [0.25, 0.3) is 5.91 Å². The van der Waals surface area contributed by atoms with Crippen LogP contribution in [0.2, 0.25) is 0 Å². The first kappa shape index (κ1) is 14.4. The normalized spacial score (nSPS) is 25.3. The summed E-state index contributed by atoms with van der Waals surface area (Å²) < 4.78 is 0. The molecule has 0 radical (unpaired) electrons. The van der Waals surface area contributed by atoms with Crippen LogP contribution < -0.4 is 5.32 Å². The molecule has 0 unspecified atom stereocenters. The van der Waals surface area contributed by atoms with Crippen molar-refractivity contribution in [1.29, 1.82) is 0 Å². The van der Waals surface area contributed by atoms with Crippen LogP contribution in [0, 0.1) is 5.92 Å². The number of benzene rings is 1. The number of likely N-dealkylation sites (tertiary alicyclic amines) is 1. The number of nitrogens with one attached hydrogen (secondary N) is 1. The molecule has 0 spiro atoms. The quantitative estimate of drug-likeness (QED) is 0.913. The highest BCUT2D eigenvalue weighted by molar-refractivity contribution is 5.99. The highest BCUT2D eigenvalue weighted by atomic mass is 16.2. The van der Waals surface area contributed by atoms with Crippen molar-refractivity contribution < 1.29 is 4.79 Å². The minimum atomic E-state index is 0.225. The smallest absolute Gasteiger partial charge is 0.256 e. The van der Waals surface area contributed by atoms with Crippen LogP contribution in [0.15, 0.2) is 24.3 Å². The van der Waals surface area contributed by atoms with E-state index in [0.29, 0.717) is 6.04 Å². The molecule has 3 nitrogen and oxygen atoms in total. The van der Waals surface area contributed by atoms with Crippen molar-refractivity contribution in [3.63, 3.8) is 0 Å². The second kappa shape index (κ2) is 6.50. The number of hydrogen-bond donors (Lipinski definition) is 1. The Morgan fingerprint density at radius 2 is 1.95 bits per heavy atom. The zero-order valence-electron chi connectivity index (χ0n) is 13.0. The zero-order valence-corrected chi connectivity index (χ0v) is 13.0. The molecule has 1 aromatic carbocycles. The maximum Gasteiger partial charge on any atom is 0.256 e. The number of carbonyl (C=O) groups is 1. The van der Waals surface area contributed by atoms with Crippen LogP contribution in [0.5, 0.6) is 0 Å².